The summed E-state index contributed by atoms with van der Waals surface area (Å²) in [5, 5.41) is 10.5. The Balaban J connectivity index is 0.00000190. The molecular weight excluding hydrogens is 401 g/mol. The van der Waals surface area contributed by atoms with Crippen LogP contribution in [-0.4, -0.2) is 23.8 Å². The van der Waals surface area contributed by atoms with E-state index in [9.17, 15) is 28.1 Å². The van der Waals surface area contributed by atoms with Crippen molar-refractivity contribution in [2.24, 2.45) is 5.73 Å². The maximum atomic E-state index is 12.7. The van der Waals surface area contributed by atoms with E-state index in [-0.39, 0.29) is 22.1 Å². The third-order valence-corrected chi connectivity index (χ3v) is 3.95. The summed E-state index contributed by atoms with van der Waals surface area (Å²) < 4.78 is 43.4. The average molecular weight is 419 g/mol. The van der Waals surface area contributed by atoms with Crippen LogP contribution in [0.15, 0.2) is 36.4 Å². The van der Waals surface area contributed by atoms with E-state index in [4.69, 9.17) is 16.3 Å². The first kappa shape index (κ1) is 23.4. The van der Waals surface area contributed by atoms with Gasteiger partial charge in [-0.05, 0) is 49.9 Å². The Kier molecular flexibility index (Phi) is 7.95. The van der Waals surface area contributed by atoms with Crippen LogP contribution in [0.3, 0.4) is 0 Å². The van der Waals surface area contributed by atoms with Crippen LogP contribution < -0.4 is 10.5 Å². The summed E-state index contributed by atoms with van der Waals surface area (Å²) in [5.41, 5.74) is 4.18. The van der Waals surface area contributed by atoms with E-state index in [1.54, 1.807) is 6.92 Å². The molecule has 0 saturated carbocycles. The number of halogens is 4. The molecule has 152 valence electrons. The summed E-state index contributed by atoms with van der Waals surface area (Å²) in [4.78, 5) is 22.3. The van der Waals surface area contributed by atoms with Crippen molar-refractivity contribution >= 4 is 17.4 Å². The molecule has 0 aromatic heterocycles. The maximum absolute atomic E-state index is 12.7. The van der Waals surface area contributed by atoms with Crippen LogP contribution >= 0.6 is 11.6 Å². The van der Waals surface area contributed by atoms with Gasteiger partial charge in [0.15, 0.2) is 0 Å². The second-order valence-corrected chi connectivity index (χ2v) is 5.95. The molecule has 28 heavy (non-hydrogen) atoms. The molecule has 6 nitrogen and oxygen atoms in total. The van der Waals surface area contributed by atoms with Gasteiger partial charge in [0.25, 0.3) is 6.04 Å². The van der Waals surface area contributed by atoms with Gasteiger partial charge in [0.1, 0.15) is 11.5 Å². The quantitative estimate of drug-likeness (QED) is 0.424. The van der Waals surface area contributed by atoms with Gasteiger partial charge in [0, 0.05) is 17.4 Å². The number of Topliss-reactive ketones (excluding diaryl/α,β-unsaturated/α-hetero) is 1. The highest BCUT2D eigenvalue weighted by Crippen LogP contribution is 2.36. The van der Waals surface area contributed by atoms with Crippen molar-refractivity contribution in [3.63, 3.8) is 0 Å². The minimum Gasteiger partial charge on any atom is -0.456 e. The van der Waals surface area contributed by atoms with Crippen LogP contribution in [0.1, 0.15) is 28.4 Å². The molecule has 0 saturated heterocycles. The third kappa shape index (κ3) is 5.67. The Morgan fingerprint density at radius 2 is 1.82 bits per heavy atom. The van der Waals surface area contributed by atoms with Crippen molar-refractivity contribution in [2.75, 3.05) is 7.05 Å². The summed E-state index contributed by atoms with van der Waals surface area (Å²) in [5.74, 6) is -0.614. The van der Waals surface area contributed by atoms with Crippen LogP contribution in [0.4, 0.5) is 13.2 Å². The van der Waals surface area contributed by atoms with Gasteiger partial charge in [-0.2, -0.15) is 13.2 Å². The Hall–Kier alpha value is -2.65. The van der Waals surface area contributed by atoms with Gasteiger partial charge in [-0.15, -0.1) is 0 Å². The van der Waals surface area contributed by atoms with Gasteiger partial charge in [-0.1, -0.05) is 17.7 Å². The largest absolute Gasteiger partial charge is 0.456 e. The molecular formula is C18H18ClF3N2O4. The Labute approximate surface area is 164 Å². The summed E-state index contributed by atoms with van der Waals surface area (Å²) in [6.07, 6.45) is -4.54. The van der Waals surface area contributed by atoms with Crippen molar-refractivity contribution in [2.45, 2.75) is 26.1 Å². The number of hydrogen-bond donors (Lipinski definition) is 1. The van der Waals surface area contributed by atoms with Crippen LogP contribution in [-0.2, 0) is 6.18 Å². The van der Waals surface area contributed by atoms with Crippen LogP contribution in [0, 0.1) is 17.0 Å². The number of nitro groups is 1. The molecule has 1 unspecified atom stereocenters. The van der Waals surface area contributed by atoms with E-state index in [1.165, 1.54) is 32.2 Å². The first-order chi connectivity index (χ1) is 13.0. The number of ketones is 1. The zero-order valence-corrected chi connectivity index (χ0v) is 16.0. The molecule has 10 heteroatoms. The molecule has 0 spiro atoms. The summed E-state index contributed by atoms with van der Waals surface area (Å²) in [7, 11) is 1.50. The Morgan fingerprint density at radius 3 is 2.32 bits per heavy atom. The molecule has 0 fully saturated rings. The molecule has 2 N–H and O–H groups in total. The number of carbonyl (C=O) groups excluding carboxylic acids is 1. The van der Waals surface area contributed by atoms with Gasteiger partial charge in [0.05, 0.1) is 10.6 Å². The highest BCUT2D eigenvalue weighted by Gasteiger charge is 2.31. The van der Waals surface area contributed by atoms with Gasteiger partial charge in [-0.3, -0.25) is 14.9 Å². The fraction of sp³-hybridized carbons (Fsp3) is 0.278. The maximum Gasteiger partial charge on any atom is 0.416 e. The smallest absolute Gasteiger partial charge is 0.416 e. The Bertz CT molecular complexity index is 872. The number of nitrogens with two attached hydrogens (primary N) is 1. The predicted molar refractivity (Wildman–Crippen MR) is 98.6 cm³/mol. The zero-order valence-electron chi connectivity index (χ0n) is 15.2. The topological polar surface area (TPSA) is 95.5 Å². The molecule has 0 radical (unpaired) electrons. The lowest BCUT2D eigenvalue weighted by atomic mass is 10.0. The minimum atomic E-state index is -4.54. The number of rotatable bonds is 5. The second-order valence-electron chi connectivity index (χ2n) is 5.55. The number of alkyl halides is 3. The summed E-state index contributed by atoms with van der Waals surface area (Å²) in [6.45, 7) is 2.77. The molecule has 2 aromatic carbocycles. The molecule has 0 heterocycles. The van der Waals surface area contributed by atoms with E-state index < -0.39 is 28.5 Å². The highest BCUT2D eigenvalue weighted by atomic mass is 35.5. The van der Waals surface area contributed by atoms with Crippen LogP contribution in [0.25, 0.3) is 0 Å². The molecule has 0 aliphatic heterocycles. The molecule has 0 aliphatic rings. The third-order valence-electron chi connectivity index (χ3n) is 3.66. The SMILES string of the molecule is CN.Cc1ccc(Oc2ccc(C(F)(F)F)cc2Cl)cc1C(=O)C(C)[N+](=O)[O-]. The van der Waals surface area contributed by atoms with Crippen molar-refractivity contribution in [1.29, 1.82) is 0 Å². The molecule has 1 atom stereocenters. The highest BCUT2D eigenvalue weighted by molar-refractivity contribution is 6.32. The predicted octanol–water partition coefficient (Wildman–Crippen LogP) is 4.88. The van der Waals surface area contributed by atoms with Gasteiger partial charge in [0.2, 0.25) is 5.78 Å². The first-order valence-corrected chi connectivity index (χ1v) is 8.29. The number of benzene rings is 2. The molecule has 2 aromatic rings. The van der Waals surface area contributed by atoms with E-state index in [1.807, 2.05) is 0 Å². The lowest BCUT2D eigenvalue weighted by Crippen LogP contribution is -2.26. The lowest BCUT2D eigenvalue weighted by Gasteiger charge is -2.13. The number of ether oxygens (including phenoxy) is 1. The fourth-order valence-corrected chi connectivity index (χ4v) is 2.36. The van der Waals surface area contributed by atoms with Crippen molar-refractivity contribution in [1.82, 2.24) is 0 Å². The summed E-state index contributed by atoms with van der Waals surface area (Å²) >= 11 is 5.83. The van der Waals surface area contributed by atoms with Gasteiger partial charge in [-0.25, -0.2) is 0 Å². The molecule has 2 rings (SSSR count). The first-order valence-electron chi connectivity index (χ1n) is 7.91. The lowest BCUT2D eigenvalue weighted by molar-refractivity contribution is -0.500. The van der Waals surface area contributed by atoms with Gasteiger partial charge < -0.3 is 10.5 Å². The average Bonchev–Trinajstić information content (AvgIpc) is 2.64. The van der Waals surface area contributed by atoms with Crippen molar-refractivity contribution in [3.8, 4) is 11.5 Å². The fourth-order valence-electron chi connectivity index (χ4n) is 2.14. The molecule has 0 amide bonds. The number of nitrogens with zero attached hydrogens (tertiary/aromatic N) is 1. The summed E-state index contributed by atoms with van der Waals surface area (Å²) in [6, 6.07) is 5.48. The number of aryl methyl sites for hydroxylation is 1. The van der Waals surface area contributed by atoms with E-state index >= 15 is 0 Å². The number of hydrogen-bond acceptors (Lipinski definition) is 5. The normalized spacial score (nSPS) is 11.9. The standard InChI is InChI=1S/C17H13ClF3NO4.CH5N/c1-9-3-5-12(8-13(9)16(23)10(2)22(24)25)26-15-6-4-11(7-14(15)18)17(19,20)21;1-2/h3-8,10H,1-2H3;2H2,1H3. The van der Waals surface area contributed by atoms with Gasteiger partial charge >= 0.3 is 6.18 Å². The van der Waals surface area contributed by atoms with Crippen LogP contribution in [0.2, 0.25) is 5.02 Å². The van der Waals surface area contributed by atoms with E-state index in [2.05, 4.69) is 5.73 Å². The second kappa shape index (κ2) is 9.52. The van der Waals surface area contributed by atoms with Crippen molar-refractivity contribution in [3.05, 3.63) is 68.2 Å². The van der Waals surface area contributed by atoms with Crippen molar-refractivity contribution < 1.29 is 27.6 Å². The van der Waals surface area contributed by atoms with E-state index in [0.29, 0.717) is 5.56 Å². The minimum absolute atomic E-state index is 0.0377. The molecule has 0 bridgehead atoms. The number of carbonyl (C=O) groups is 1. The zero-order chi connectivity index (χ0) is 21.6. The molecule has 0 aliphatic carbocycles. The van der Waals surface area contributed by atoms with Crippen LogP contribution in [0.5, 0.6) is 11.5 Å². The van der Waals surface area contributed by atoms with E-state index in [0.717, 1.165) is 18.2 Å². The Morgan fingerprint density at radius 1 is 1.21 bits per heavy atom. The monoisotopic (exact) mass is 418 g/mol.